The van der Waals surface area contributed by atoms with Crippen molar-refractivity contribution in [2.45, 2.75) is 12.5 Å². The van der Waals surface area contributed by atoms with Gasteiger partial charge < -0.3 is 10.2 Å². The minimum absolute atomic E-state index is 0.0723. The molecule has 6 heteroatoms. The number of halogens is 2. The van der Waals surface area contributed by atoms with Crippen LogP contribution in [-0.2, 0) is 4.79 Å². The molecular weight excluding hydrogens is 319 g/mol. The average Bonchev–Trinajstić information content (AvgIpc) is 2.88. The van der Waals surface area contributed by atoms with Gasteiger partial charge in [-0.3, -0.25) is 9.59 Å². The van der Waals surface area contributed by atoms with Gasteiger partial charge in [0.1, 0.15) is 5.82 Å². The second kappa shape index (κ2) is 6.38. The van der Waals surface area contributed by atoms with Crippen molar-refractivity contribution in [1.29, 1.82) is 0 Å². The normalized spacial score (nSPS) is 17.4. The Bertz CT molecular complexity index is 749. The van der Waals surface area contributed by atoms with Crippen LogP contribution in [0, 0.1) is 5.82 Å². The molecule has 4 nitrogen and oxygen atoms in total. The largest absolute Gasteiger partial charge is 0.347 e. The first kappa shape index (κ1) is 15.5. The summed E-state index contributed by atoms with van der Waals surface area (Å²) in [6.07, 6.45) is 0.212. The fourth-order valence-corrected chi connectivity index (χ4v) is 2.70. The predicted molar refractivity (Wildman–Crippen MR) is 86.1 cm³/mol. The number of anilines is 1. The molecule has 2 aromatic carbocycles. The van der Waals surface area contributed by atoms with Gasteiger partial charge in [-0.25, -0.2) is 4.39 Å². The Morgan fingerprint density at radius 3 is 2.65 bits per heavy atom. The van der Waals surface area contributed by atoms with Crippen LogP contribution in [0.1, 0.15) is 16.8 Å². The minimum Gasteiger partial charge on any atom is -0.347 e. The summed E-state index contributed by atoms with van der Waals surface area (Å²) in [6.45, 7) is 0.377. The van der Waals surface area contributed by atoms with Gasteiger partial charge in [-0.1, -0.05) is 17.7 Å². The molecule has 1 atom stereocenters. The molecule has 118 valence electrons. The number of amides is 2. The zero-order valence-electron chi connectivity index (χ0n) is 12.1. The van der Waals surface area contributed by atoms with E-state index in [1.54, 1.807) is 29.2 Å². The lowest BCUT2D eigenvalue weighted by Crippen LogP contribution is -2.37. The zero-order chi connectivity index (χ0) is 16.4. The van der Waals surface area contributed by atoms with Gasteiger partial charge in [-0.2, -0.15) is 0 Å². The lowest BCUT2D eigenvalue weighted by molar-refractivity contribution is -0.117. The highest BCUT2D eigenvalue weighted by atomic mass is 35.5. The number of nitrogens with zero attached hydrogens (tertiary/aromatic N) is 1. The molecule has 2 aromatic rings. The summed E-state index contributed by atoms with van der Waals surface area (Å²) in [5.74, 6) is -0.931. The van der Waals surface area contributed by atoms with Crippen LogP contribution >= 0.6 is 11.6 Å². The third-order valence-electron chi connectivity index (χ3n) is 3.69. The third kappa shape index (κ3) is 3.51. The summed E-state index contributed by atoms with van der Waals surface area (Å²) in [5, 5.41) is 3.36. The van der Waals surface area contributed by atoms with Gasteiger partial charge in [-0.05, 0) is 42.5 Å². The maximum atomic E-state index is 13.2. The van der Waals surface area contributed by atoms with E-state index in [4.69, 9.17) is 11.6 Å². The molecule has 1 N–H and O–H groups in total. The summed E-state index contributed by atoms with van der Waals surface area (Å²) >= 11 is 5.84. The quantitative estimate of drug-likeness (QED) is 0.939. The number of nitrogens with one attached hydrogen (secondary N) is 1. The molecule has 3 rings (SSSR count). The van der Waals surface area contributed by atoms with Crippen LogP contribution in [0.15, 0.2) is 48.5 Å². The number of benzene rings is 2. The maximum absolute atomic E-state index is 13.2. The van der Waals surface area contributed by atoms with E-state index in [1.807, 2.05) is 0 Å². The molecule has 1 fully saturated rings. The molecule has 0 aliphatic carbocycles. The number of carbonyl (C=O) groups is 2. The molecule has 1 aliphatic heterocycles. The van der Waals surface area contributed by atoms with E-state index in [2.05, 4.69) is 5.32 Å². The van der Waals surface area contributed by atoms with Crippen molar-refractivity contribution in [2.75, 3.05) is 11.4 Å². The molecule has 23 heavy (non-hydrogen) atoms. The SMILES string of the molecule is O=C(N[C@@H]1CC(=O)N(c2ccc(Cl)cc2)C1)c1cccc(F)c1. The molecule has 2 amide bonds. The van der Waals surface area contributed by atoms with E-state index in [0.717, 1.165) is 5.69 Å². The molecule has 1 aliphatic rings. The number of carbonyl (C=O) groups excluding carboxylic acids is 2. The molecule has 1 heterocycles. The van der Waals surface area contributed by atoms with E-state index >= 15 is 0 Å². The number of hydrogen-bond acceptors (Lipinski definition) is 2. The van der Waals surface area contributed by atoms with Crippen molar-refractivity contribution in [3.63, 3.8) is 0 Å². The first-order chi connectivity index (χ1) is 11.0. The van der Waals surface area contributed by atoms with Gasteiger partial charge in [0.15, 0.2) is 0 Å². The van der Waals surface area contributed by atoms with Gasteiger partial charge >= 0.3 is 0 Å². The molecule has 0 bridgehead atoms. The Kier molecular flexibility index (Phi) is 4.30. The Morgan fingerprint density at radius 2 is 1.96 bits per heavy atom. The van der Waals surface area contributed by atoms with Gasteiger partial charge in [0, 0.05) is 29.2 Å². The molecule has 0 saturated carbocycles. The van der Waals surface area contributed by atoms with E-state index < -0.39 is 5.82 Å². The summed E-state index contributed by atoms with van der Waals surface area (Å²) in [5.41, 5.74) is 0.976. The number of rotatable bonds is 3. The standard InChI is InChI=1S/C17H14ClFN2O2/c18-12-4-6-15(7-5-12)21-10-14(9-16(21)22)20-17(23)11-2-1-3-13(19)8-11/h1-8,14H,9-10H2,(H,20,23)/t14-/m1/s1. The van der Waals surface area contributed by atoms with Crippen molar-refractivity contribution >= 4 is 29.1 Å². The summed E-state index contributed by atoms with van der Waals surface area (Å²) in [6, 6.07) is 12.1. The molecule has 1 saturated heterocycles. The minimum atomic E-state index is -0.470. The zero-order valence-corrected chi connectivity index (χ0v) is 12.9. The van der Waals surface area contributed by atoms with Crippen LogP contribution in [-0.4, -0.2) is 24.4 Å². The van der Waals surface area contributed by atoms with Crippen molar-refractivity contribution in [1.82, 2.24) is 5.32 Å². The molecule has 0 unspecified atom stereocenters. The van der Waals surface area contributed by atoms with E-state index in [9.17, 15) is 14.0 Å². The maximum Gasteiger partial charge on any atom is 0.251 e. The van der Waals surface area contributed by atoms with E-state index in [1.165, 1.54) is 24.3 Å². The van der Waals surface area contributed by atoms with Crippen molar-refractivity contribution < 1.29 is 14.0 Å². The summed E-state index contributed by atoms with van der Waals surface area (Å²) in [7, 11) is 0. The van der Waals surface area contributed by atoms with Crippen LogP contribution in [0.25, 0.3) is 0 Å². The summed E-state index contributed by atoms with van der Waals surface area (Å²) < 4.78 is 13.2. The topological polar surface area (TPSA) is 49.4 Å². The fraction of sp³-hybridized carbons (Fsp3) is 0.176. The monoisotopic (exact) mass is 332 g/mol. The lowest BCUT2D eigenvalue weighted by atomic mass is 10.2. The predicted octanol–water partition coefficient (Wildman–Crippen LogP) is 3.01. The average molecular weight is 333 g/mol. The highest BCUT2D eigenvalue weighted by Crippen LogP contribution is 2.23. The van der Waals surface area contributed by atoms with Gasteiger partial charge in [0.05, 0.1) is 6.04 Å². The first-order valence-corrected chi connectivity index (χ1v) is 7.53. The molecule has 0 radical (unpaired) electrons. The Balaban J connectivity index is 1.68. The van der Waals surface area contributed by atoms with Crippen molar-refractivity contribution in [3.8, 4) is 0 Å². The van der Waals surface area contributed by atoms with Gasteiger partial charge in [0.2, 0.25) is 5.91 Å². The Hall–Kier alpha value is -2.40. The molecule has 0 spiro atoms. The molecule has 0 aromatic heterocycles. The van der Waals surface area contributed by atoms with E-state index in [-0.39, 0.29) is 29.8 Å². The Labute approximate surface area is 137 Å². The smallest absolute Gasteiger partial charge is 0.251 e. The highest BCUT2D eigenvalue weighted by Gasteiger charge is 2.31. The summed E-state index contributed by atoms with van der Waals surface area (Å²) in [4.78, 5) is 25.9. The van der Waals surface area contributed by atoms with Crippen molar-refractivity contribution in [2.24, 2.45) is 0 Å². The van der Waals surface area contributed by atoms with Gasteiger partial charge in [-0.15, -0.1) is 0 Å². The van der Waals surface area contributed by atoms with E-state index in [0.29, 0.717) is 11.6 Å². The third-order valence-corrected chi connectivity index (χ3v) is 3.94. The Morgan fingerprint density at radius 1 is 1.22 bits per heavy atom. The second-order valence-electron chi connectivity index (χ2n) is 5.37. The van der Waals surface area contributed by atoms with Gasteiger partial charge in [0.25, 0.3) is 5.91 Å². The lowest BCUT2D eigenvalue weighted by Gasteiger charge is -2.17. The molecular formula is C17H14ClFN2O2. The van der Waals surface area contributed by atoms with Crippen LogP contribution in [0.5, 0.6) is 0 Å². The first-order valence-electron chi connectivity index (χ1n) is 7.15. The van der Waals surface area contributed by atoms with Crippen LogP contribution in [0.3, 0.4) is 0 Å². The van der Waals surface area contributed by atoms with Crippen LogP contribution < -0.4 is 10.2 Å². The number of hydrogen-bond donors (Lipinski definition) is 1. The fourth-order valence-electron chi connectivity index (χ4n) is 2.57. The van der Waals surface area contributed by atoms with Crippen molar-refractivity contribution in [3.05, 3.63) is 64.9 Å². The van der Waals surface area contributed by atoms with Crippen LogP contribution in [0.4, 0.5) is 10.1 Å². The van der Waals surface area contributed by atoms with Crippen LogP contribution in [0.2, 0.25) is 5.02 Å². The second-order valence-corrected chi connectivity index (χ2v) is 5.80. The highest BCUT2D eigenvalue weighted by molar-refractivity contribution is 6.30.